The largest absolute Gasteiger partial charge is 0.395 e. The molecule has 1 aliphatic carbocycles. The van der Waals surface area contributed by atoms with Gasteiger partial charge in [-0.2, -0.15) is 0 Å². The van der Waals surface area contributed by atoms with Gasteiger partial charge in [-0.25, -0.2) is 0 Å². The zero-order valence-corrected chi connectivity index (χ0v) is 15.7. The highest BCUT2D eigenvalue weighted by Gasteiger charge is 2.38. The number of aliphatic hydroxyl groups excluding tert-OH is 1. The first kappa shape index (κ1) is 20.8. The molecule has 0 atom stereocenters. The molecule has 2 rings (SSSR count). The zero-order valence-electron chi connectivity index (χ0n) is 15.7. The number of ketones is 2. The van der Waals surface area contributed by atoms with Crippen LogP contribution in [0, 0.1) is 0 Å². The monoisotopic (exact) mass is 376 g/mol. The maximum Gasteiger partial charge on any atom is 0.253 e. The minimum atomic E-state index is -0.458. The van der Waals surface area contributed by atoms with Crippen LogP contribution in [-0.4, -0.2) is 86.6 Å². The van der Waals surface area contributed by atoms with Crippen molar-refractivity contribution in [3.8, 4) is 0 Å². The van der Waals surface area contributed by atoms with Crippen LogP contribution in [0.1, 0.15) is 20.7 Å². The van der Waals surface area contributed by atoms with E-state index in [0.29, 0.717) is 0 Å². The lowest BCUT2D eigenvalue weighted by Crippen LogP contribution is -2.44. The molecule has 0 radical (unpaired) electrons. The van der Waals surface area contributed by atoms with Crippen molar-refractivity contribution >= 4 is 17.5 Å². The van der Waals surface area contributed by atoms with Gasteiger partial charge in [-0.1, -0.05) is 24.3 Å². The molecule has 1 aromatic rings. The lowest BCUT2D eigenvalue weighted by Gasteiger charge is -2.33. The van der Waals surface area contributed by atoms with Gasteiger partial charge in [0.2, 0.25) is 11.6 Å². The van der Waals surface area contributed by atoms with Gasteiger partial charge in [-0.15, -0.1) is 0 Å². The molecule has 0 heterocycles. The Kier molecular flexibility index (Phi) is 7.23. The average molecular weight is 376 g/mol. The number of allylic oxidation sites excluding steroid dienone is 2. The number of amides is 1. The first-order chi connectivity index (χ1) is 13.0. The third-order valence-electron chi connectivity index (χ3n) is 4.25. The standard InChI is InChI=1S/C19H24N2O6/c1-20(8-10-22)16-17(21(9-11-26-2)15(23)12-27-3)19(25)14-7-5-4-6-13(14)18(16)24/h4-7,22H,8-12H2,1-3H3. The van der Waals surface area contributed by atoms with Gasteiger partial charge in [0.05, 0.1) is 13.2 Å². The van der Waals surface area contributed by atoms with Crippen LogP contribution in [0.2, 0.25) is 0 Å². The Morgan fingerprint density at radius 3 is 2.11 bits per heavy atom. The van der Waals surface area contributed by atoms with Gasteiger partial charge < -0.3 is 24.4 Å². The quantitative estimate of drug-likeness (QED) is 0.663. The Labute approximate surface area is 158 Å². The number of likely N-dealkylation sites (N-methyl/N-ethyl adjacent to an activating group) is 1. The van der Waals surface area contributed by atoms with Crippen molar-refractivity contribution < 1.29 is 29.0 Å². The van der Waals surface area contributed by atoms with Crippen molar-refractivity contribution in [1.29, 1.82) is 0 Å². The fraction of sp³-hybridized carbons (Fsp3) is 0.421. The molecule has 8 heteroatoms. The lowest BCUT2D eigenvalue weighted by molar-refractivity contribution is -0.133. The van der Waals surface area contributed by atoms with E-state index < -0.39 is 11.7 Å². The SMILES string of the molecule is COCCN(C(=O)COC)C1=C(N(C)CCO)C(=O)c2ccccc2C1=O. The number of rotatable bonds is 9. The highest BCUT2D eigenvalue weighted by Crippen LogP contribution is 2.30. The molecule has 27 heavy (non-hydrogen) atoms. The van der Waals surface area contributed by atoms with E-state index >= 15 is 0 Å². The summed E-state index contributed by atoms with van der Waals surface area (Å²) in [4.78, 5) is 41.7. The number of nitrogens with zero attached hydrogens (tertiary/aromatic N) is 2. The minimum Gasteiger partial charge on any atom is -0.395 e. The molecule has 1 N–H and O–H groups in total. The van der Waals surface area contributed by atoms with Crippen LogP contribution >= 0.6 is 0 Å². The highest BCUT2D eigenvalue weighted by molar-refractivity contribution is 6.27. The Morgan fingerprint density at radius 1 is 1.00 bits per heavy atom. The van der Waals surface area contributed by atoms with E-state index in [-0.39, 0.29) is 61.2 Å². The van der Waals surface area contributed by atoms with Gasteiger partial charge in [-0.05, 0) is 0 Å². The molecule has 1 aromatic carbocycles. The van der Waals surface area contributed by atoms with Crippen LogP contribution < -0.4 is 0 Å². The third kappa shape index (κ3) is 4.24. The number of carbonyl (C=O) groups is 3. The molecule has 1 aliphatic rings. The summed E-state index contributed by atoms with van der Waals surface area (Å²) in [5.41, 5.74) is 0.574. The van der Waals surface area contributed by atoms with Crippen LogP contribution in [0.5, 0.6) is 0 Å². The number of hydrogen-bond acceptors (Lipinski definition) is 7. The van der Waals surface area contributed by atoms with Gasteiger partial charge in [0.25, 0.3) is 5.91 Å². The van der Waals surface area contributed by atoms with Gasteiger partial charge >= 0.3 is 0 Å². The maximum atomic E-state index is 13.2. The molecule has 0 fully saturated rings. The summed E-state index contributed by atoms with van der Waals surface area (Å²) < 4.78 is 9.98. The minimum absolute atomic E-state index is 0.0197. The smallest absolute Gasteiger partial charge is 0.253 e. The molecule has 8 nitrogen and oxygen atoms in total. The summed E-state index contributed by atoms with van der Waals surface area (Å²) in [6.45, 7) is -0.0465. The van der Waals surface area contributed by atoms with Crippen LogP contribution in [-0.2, 0) is 14.3 Å². The molecule has 0 spiro atoms. The first-order valence-electron chi connectivity index (χ1n) is 8.50. The third-order valence-corrected chi connectivity index (χ3v) is 4.25. The zero-order chi connectivity index (χ0) is 20.0. The van der Waals surface area contributed by atoms with E-state index in [4.69, 9.17) is 9.47 Å². The second kappa shape index (κ2) is 9.40. The maximum absolute atomic E-state index is 13.2. The molecule has 0 aromatic heterocycles. The molecular formula is C19H24N2O6. The number of benzene rings is 1. The van der Waals surface area contributed by atoms with Crippen molar-refractivity contribution in [3.05, 3.63) is 46.8 Å². The fourth-order valence-corrected chi connectivity index (χ4v) is 2.96. The van der Waals surface area contributed by atoms with Crippen molar-refractivity contribution in [2.45, 2.75) is 0 Å². The van der Waals surface area contributed by atoms with Gasteiger partial charge in [0.15, 0.2) is 0 Å². The number of fused-ring (bicyclic) bond motifs is 1. The summed E-state index contributed by atoms with van der Waals surface area (Å²) >= 11 is 0. The van der Waals surface area contributed by atoms with Gasteiger partial charge in [0.1, 0.15) is 18.0 Å². The Balaban J connectivity index is 2.65. The molecule has 0 aliphatic heterocycles. The summed E-state index contributed by atoms with van der Waals surface area (Å²) in [6.07, 6.45) is 0. The molecular weight excluding hydrogens is 352 g/mol. The number of ether oxygens (including phenoxy) is 2. The topological polar surface area (TPSA) is 96.4 Å². The van der Waals surface area contributed by atoms with E-state index in [2.05, 4.69) is 0 Å². The number of methoxy groups -OCH3 is 2. The van der Waals surface area contributed by atoms with Crippen LogP contribution in [0.25, 0.3) is 0 Å². The summed E-state index contributed by atoms with van der Waals surface area (Å²) in [7, 11) is 4.46. The summed E-state index contributed by atoms with van der Waals surface area (Å²) in [6, 6.07) is 6.49. The van der Waals surface area contributed by atoms with Crippen molar-refractivity contribution in [3.63, 3.8) is 0 Å². The molecule has 0 bridgehead atoms. The average Bonchev–Trinajstić information content (AvgIpc) is 2.66. The van der Waals surface area contributed by atoms with E-state index in [0.717, 1.165) is 0 Å². The Bertz CT molecular complexity index is 758. The molecule has 146 valence electrons. The van der Waals surface area contributed by atoms with E-state index in [1.165, 1.54) is 24.0 Å². The van der Waals surface area contributed by atoms with Crippen LogP contribution in [0.3, 0.4) is 0 Å². The first-order valence-corrected chi connectivity index (χ1v) is 8.50. The van der Waals surface area contributed by atoms with Crippen LogP contribution in [0.15, 0.2) is 35.7 Å². The fourth-order valence-electron chi connectivity index (χ4n) is 2.96. The van der Waals surface area contributed by atoms with E-state index in [9.17, 15) is 19.5 Å². The molecule has 0 saturated carbocycles. The van der Waals surface area contributed by atoms with Crippen molar-refractivity contribution in [1.82, 2.24) is 9.80 Å². The molecule has 0 saturated heterocycles. The van der Waals surface area contributed by atoms with Crippen molar-refractivity contribution in [2.24, 2.45) is 0 Å². The number of hydrogen-bond donors (Lipinski definition) is 1. The van der Waals surface area contributed by atoms with Gasteiger partial charge in [0, 0.05) is 45.5 Å². The predicted molar refractivity (Wildman–Crippen MR) is 97.3 cm³/mol. The Morgan fingerprint density at radius 2 is 1.59 bits per heavy atom. The summed E-state index contributed by atoms with van der Waals surface area (Å²) in [5.74, 6) is -1.26. The van der Waals surface area contributed by atoms with E-state index in [1.54, 1.807) is 31.3 Å². The second-order valence-electron chi connectivity index (χ2n) is 6.02. The lowest BCUT2D eigenvalue weighted by atomic mass is 9.89. The number of Topliss-reactive ketones (excluding diaryl/α,β-unsaturated/α-hetero) is 2. The summed E-state index contributed by atoms with van der Waals surface area (Å²) in [5, 5.41) is 9.29. The van der Waals surface area contributed by atoms with Gasteiger partial charge in [-0.3, -0.25) is 14.4 Å². The second-order valence-corrected chi connectivity index (χ2v) is 6.02. The highest BCUT2D eigenvalue weighted by atomic mass is 16.5. The number of carbonyl (C=O) groups excluding carboxylic acids is 3. The van der Waals surface area contributed by atoms with E-state index in [1.807, 2.05) is 0 Å². The number of aliphatic hydroxyl groups is 1. The predicted octanol–water partition coefficient (Wildman–Crippen LogP) is 0.323. The molecule has 1 amide bonds. The normalized spacial score (nSPS) is 13.6. The molecule has 0 unspecified atom stereocenters. The Hall–Kier alpha value is -2.55. The van der Waals surface area contributed by atoms with Crippen LogP contribution in [0.4, 0.5) is 0 Å². The van der Waals surface area contributed by atoms with Crippen molar-refractivity contribution in [2.75, 3.05) is 54.2 Å².